The fourth-order valence-corrected chi connectivity index (χ4v) is 1.17. The number of carboxylic acid groups (broad SMARTS) is 3. The van der Waals surface area contributed by atoms with Crippen molar-refractivity contribution in [2.45, 2.75) is 59.3 Å². The van der Waals surface area contributed by atoms with Crippen molar-refractivity contribution in [2.75, 3.05) is 0 Å². The van der Waals surface area contributed by atoms with E-state index in [1.807, 2.05) is 0 Å². The second-order valence-corrected chi connectivity index (χ2v) is 5.74. The molecule has 13 heteroatoms. The molecule has 0 aromatic heterocycles. The van der Waals surface area contributed by atoms with Gasteiger partial charge in [-0.2, -0.15) is 0 Å². The van der Waals surface area contributed by atoms with Gasteiger partial charge in [-0.1, -0.05) is 0 Å². The molecule has 0 rings (SSSR count). The van der Waals surface area contributed by atoms with Crippen LogP contribution in [0.25, 0.3) is 0 Å². The molecule has 0 saturated carbocycles. The van der Waals surface area contributed by atoms with Crippen molar-refractivity contribution in [3.05, 3.63) is 0 Å². The van der Waals surface area contributed by atoms with Gasteiger partial charge in [0.2, 0.25) is 0 Å². The minimum Gasteiger partial charge on any atom is -0.542 e. The smallest absolute Gasteiger partial charge is 0.542 e. The summed E-state index contributed by atoms with van der Waals surface area (Å²) in [5.41, 5.74) is 0. The van der Waals surface area contributed by atoms with Crippen LogP contribution in [0.3, 0.4) is 0 Å². The maximum absolute atomic E-state index is 10.2. The Hall–Kier alpha value is -2.95. The molecular formula is C18H21O12Ru. The van der Waals surface area contributed by atoms with Gasteiger partial charge >= 0.3 is 19.5 Å². The third-order valence-electron chi connectivity index (χ3n) is 2.80. The Bertz CT molecular complexity index is 613. The van der Waals surface area contributed by atoms with Crippen LogP contribution in [0.4, 0.5) is 0 Å². The molecule has 0 fully saturated rings. The molecule has 31 heavy (non-hydrogen) atoms. The Labute approximate surface area is 190 Å². The molecule has 0 aromatic rings. The van der Waals surface area contributed by atoms with Crippen LogP contribution in [-0.4, -0.2) is 52.6 Å². The first kappa shape index (κ1) is 35.5. The number of hydrogen-bond donors (Lipinski definition) is 0. The predicted octanol–water partition coefficient (Wildman–Crippen LogP) is -3.98. The van der Waals surface area contributed by atoms with Gasteiger partial charge in [0.05, 0.1) is 0 Å². The third kappa shape index (κ3) is 29.3. The van der Waals surface area contributed by atoms with Crippen molar-refractivity contribution in [1.82, 2.24) is 0 Å². The van der Waals surface area contributed by atoms with Crippen LogP contribution in [0.15, 0.2) is 0 Å². The molecule has 0 amide bonds. The monoisotopic (exact) mass is 531 g/mol. The van der Waals surface area contributed by atoms with Crippen molar-refractivity contribution < 1.29 is 77.9 Å². The summed E-state index contributed by atoms with van der Waals surface area (Å²) in [7, 11) is 0. The molecule has 0 heterocycles. The van der Waals surface area contributed by atoms with E-state index in [-0.39, 0.29) is 75.4 Å². The first-order valence-corrected chi connectivity index (χ1v) is 8.32. The van der Waals surface area contributed by atoms with E-state index in [1.54, 1.807) is 0 Å². The number of carbonyl (C=O) groups excluding carboxylic acids is 9. The standard InChI is InChI=1S/3C6H8O4.Ru/c3*1-4(7)2-3-5(8)6(9)10;/h3*2-3H2,1H3,(H,9,10);/q;;;+3/p-3. The summed E-state index contributed by atoms with van der Waals surface area (Å²) in [4.78, 5) is 90.5. The molecule has 0 aliphatic rings. The molecule has 1 radical (unpaired) electrons. The molecule has 0 saturated heterocycles. The Kier molecular flexibility index (Phi) is 23.3. The predicted molar refractivity (Wildman–Crippen MR) is 89.8 cm³/mol. The normalized spacial score (nSPS) is 8.61. The Morgan fingerprint density at radius 1 is 0.419 bits per heavy atom. The van der Waals surface area contributed by atoms with Crippen molar-refractivity contribution in [3.63, 3.8) is 0 Å². The van der Waals surface area contributed by atoms with Gasteiger partial charge in [-0.3, -0.25) is 14.4 Å². The van der Waals surface area contributed by atoms with Crippen LogP contribution < -0.4 is 15.3 Å². The Morgan fingerprint density at radius 3 is 0.677 bits per heavy atom. The largest absolute Gasteiger partial charge is 3.00 e. The summed E-state index contributed by atoms with van der Waals surface area (Å²) in [6.07, 6.45) is -0.820. The van der Waals surface area contributed by atoms with Gasteiger partial charge < -0.3 is 44.1 Å². The number of Topliss-reactive ketones (excluding diaryl/α,β-unsaturated/α-hetero) is 6. The van der Waals surface area contributed by atoms with Crippen LogP contribution in [0.2, 0.25) is 0 Å². The molecule has 0 aliphatic heterocycles. The topological polar surface area (TPSA) is 223 Å². The van der Waals surface area contributed by atoms with Gasteiger partial charge in [0, 0.05) is 38.5 Å². The molecule has 0 atom stereocenters. The van der Waals surface area contributed by atoms with E-state index >= 15 is 0 Å². The van der Waals surface area contributed by atoms with Gasteiger partial charge in [0.15, 0.2) is 17.3 Å². The maximum Gasteiger partial charge on any atom is 3.00 e. The van der Waals surface area contributed by atoms with Gasteiger partial charge in [0.25, 0.3) is 0 Å². The average Bonchev–Trinajstić information content (AvgIpc) is 2.62. The number of hydrogen-bond acceptors (Lipinski definition) is 12. The molecule has 0 aliphatic carbocycles. The molecule has 0 aromatic carbocycles. The van der Waals surface area contributed by atoms with Crippen LogP contribution in [-0.2, 0) is 62.6 Å². The third-order valence-corrected chi connectivity index (χ3v) is 2.80. The average molecular weight is 530 g/mol. The fourth-order valence-electron chi connectivity index (χ4n) is 1.17. The van der Waals surface area contributed by atoms with E-state index in [0.717, 1.165) is 0 Å². The molecule has 173 valence electrons. The van der Waals surface area contributed by atoms with E-state index < -0.39 is 35.3 Å². The van der Waals surface area contributed by atoms with Crippen molar-refractivity contribution in [2.24, 2.45) is 0 Å². The zero-order valence-electron chi connectivity index (χ0n) is 17.0. The fraction of sp³-hybridized carbons (Fsp3) is 0.500. The van der Waals surface area contributed by atoms with Gasteiger partial charge in [-0.25, -0.2) is 0 Å². The number of carbonyl (C=O) groups is 9. The first-order chi connectivity index (χ1) is 13.6. The molecule has 12 nitrogen and oxygen atoms in total. The van der Waals surface area contributed by atoms with Crippen LogP contribution in [0.5, 0.6) is 0 Å². The molecule has 0 N–H and O–H groups in total. The van der Waals surface area contributed by atoms with Crippen LogP contribution in [0, 0.1) is 0 Å². The van der Waals surface area contributed by atoms with Gasteiger partial charge in [-0.05, 0) is 20.8 Å². The summed E-state index contributed by atoms with van der Waals surface area (Å²) < 4.78 is 0. The van der Waals surface area contributed by atoms with E-state index in [0.29, 0.717) is 0 Å². The van der Waals surface area contributed by atoms with Crippen LogP contribution >= 0.6 is 0 Å². The van der Waals surface area contributed by atoms with Gasteiger partial charge in [0.1, 0.15) is 35.3 Å². The van der Waals surface area contributed by atoms with Crippen molar-refractivity contribution in [1.29, 1.82) is 0 Å². The summed E-state index contributed by atoms with van der Waals surface area (Å²) in [6.45, 7) is 3.88. The number of aliphatic carboxylic acids is 3. The number of carboxylic acids is 3. The minimum absolute atomic E-state index is 0. The van der Waals surface area contributed by atoms with E-state index in [1.165, 1.54) is 20.8 Å². The van der Waals surface area contributed by atoms with E-state index in [9.17, 15) is 58.5 Å². The second kappa shape index (κ2) is 20.3. The maximum atomic E-state index is 10.2. The quantitative estimate of drug-likeness (QED) is 0.174. The zero-order valence-corrected chi connectivity index (χ0v) is 18.7. The summed E-state index contributed by atoms with van der Waals surface area (Å²) in [6, 6.07) is 0. The Morgan fingerprint density at radius 2 is 0.581 bits per heavy atom. The minimum atomic E-state index is -1.72. The molecule has 0 bridgehead atoms. The Balaban J connectivity index is -0.000000174. The van der Waals surface area contributed by atoms with Gasteiger partial charge in [-0.15, -0.1) is 0 Å². The molecule has 0 spiro atoms. The van der Waals surface area contributed by atoms with Crippen LogP contribution in [0.1, 0.15) is 59.3 Å². The molecule has 0 unspecified atom stereocenters. The summed E-state index contributed by atoms with van der Waals surface area (Å²) in [5.74, 6) is -8.82. The number of ketones is 6. The molecular weight excluding hydrogens is 509 g/mol. The first-order valence-electron chi connectivity index (χ1n) is 8.32. The van der Waals surface area contributed by atoms with Crippen molar-refractivity contribution in [3.8, 4) is 0 Å². The second-order valence-electron chi connectivity index (χ2n) is 5.74. The van der Waals surface area contributed by atoms with E-state index in [4.69, 9.17) is 0 Å². The summed E-state index contributed by atoms with van der Waals surface area (Å²) >= 11 is 0. The zero-order chi connectivity index (χ0) is 24.4. The number of rotatable bonds is 12. The van der Waals surface area contributed by atoms with E-state index in [2.05, 4.69) is 0 Å². The SMILES string of the molecule is CC(=O)CCC(=O)C(=O)[O-].CC(=O)CCC(=O)C(=O)[O-].CC(=O)CCC(=O)C(=O)[O-].[Ru+3]. The summed E-state index contributed by atoms with van der Waals surface area (Å²) in [5, 5.41) is 29.2. The van der Waals surface area contributed by atoms with Crippen molar-refractivity contribution >= 4 is 52.6 Å².